The smallest absolute Gasteiger partial charge is 0.406 e. The first kappa shape index (κ1) is 18.5. The molecule has 1 aromatic carbocycles. The SMILES string of the molecule is C[C@@H](N)C(=O)NCCc1ccc(OC(F)(F)F)cc1.Cl. The van der Waals surface area contributed by atoms with Crippen molar-refractivity contribution in [2.45, 2.75) is 25.7 Å². The van der Waals surface area contributed by atoms with E-state index in [1.54, 1.807) is 6.92 Å². The summed E-state index contributed by atoms with van der Waals surface area (Å²) in [7, 11) is 0. The molecule has 1 aromatic rings. The van der Waals surface area contributed by atoms with Crippen LogP contribution in [0.25, 0.3) is 0 Å². The van der Waals surface area contributed by atoms with Gasteiger partial charge in [0.05, 0.1) is 6.04 Å². The molecule has 0 saturated heterocycles. The molecule has 0 aliphatic heterocycles. The highest BCUT2D eigenvalue weighted by Crippen LogP contribution is 2.22. The third-order valence-electron chi connectivity index (χ3n) is 2.28. The van der Waals surface area contributed by atoms with E-state index in [9.17, 15) is 18.0 Å². The topological polar surface area (TPSA) is 64.4 Å². The molecule has 3 N–H and O–H groups in total. The van der Waals surface area contributed by atoms with Gasteiger partial charge in [0.25, 0.3) is 0 Å². The van der Waals surface area contributed by atoms with Crippen molar-refractivity contribution in [3.05, 3.63) is 29.8 Å². The van der Waals surface area contributed by atoms with Gasteiger partial charge in [-0.1, -0.05) is 12.1 Å². The van der Waals surface area contributed by atoms with Gasteiger partial charge >= 0.3 is 6.36 Å². The predicted octanol–water partition coefficient (Wildman–Crippen LogP) is 2.01. The van der Waals surface area contributed by atoms with Crippen LogP contribution in [-0.2, 0) is 11.2 Å². The van der Waals surface area contributed by atoms with Gasteiger partial charge in [-0.2, -0.15) is 0 Å². The molecule has 0 aromatic heterocycles. The van der Waals surface area contributed by atoms with Crippen molar-refractivity contribution in [1.82, 2.24) is 5.32 Å². The van der Waals surface area contributed by atoms with E-state index in [1.807, 2.05) is 0 Å². The summed E-state index contributed by atoms with van der Waals surface area (Å²) < 4.78 is 39.5. The van der Waals surface area contributed by atoms with Crippen molar-refractivity contribution in [3.8, 4) is 5.75 Å². The molecule has 114 valence electrons. The van der Waals surface area contributed by atoms with E-state index < -0.39 is 12.4 Å². The summed E-state index contributed by atoms with van der Waals surface area (Å²) >= 11 is 0. The fourth-order valence-electron chi connectivity index (χ4n) is 1.35. The zero-order chi connectivity index (χ0) is 14.5. The van der Waals surface area contributed by atoms with Crippen molar-refractivity contribution in [1.29, 1.82) is 0 Å². The molecule has 4 nitrogen and oxygen atoms in total. The van der Waals surface area contributed by atoms with Crippen LogP contribution in [0.15, 0.2) is 24.3 Å². The maximum absolute atomic E-state index is 11.9. The molecule has 0 spiro atoms. The molecule has 0 aliphatic carbocycles. The van der Waals surface area contributed by atoms with Crippen LogP contribution >= 0.6 is 12.4 Å². The maximum atomic E-state index is 11.9. The van der Waals surface area contributed by atoms with Gasteiger partial charge in [0.1, 0.15) is 5.75 Å². The van der Waals surface area contributed by atoms with E-state index in [-0.39, 0.29) is 24.1 Å². The second-order valence-corrected chi connectivity index (χ2v) is 4.02. The number of rotatable bonds is 5. The summed E-state index contributed by atoms with van der Waals surface area (Å²) in [6, 6.07) is 4.91. The van der Waals surface area contributed by atoms with Crippen molar-refractivity contribution >= 4 is 18.3 Å². The molecule has 1 rings (SSSR count). The highest BCUT2D eigenvalue weighted by Gasteiger charge is 2.30. The van der Waals surface area contributed by atoms with Crippen LogP contribution in [0.2, 0.25) is 0 Å². The molecule has 0 aliphatic rings. The van der Waals surface area contributed by atoms with Crippen LogP contribution < -0.4 is 15.8 Å². The van der Waals surface area contributed by atoms with Gasteiger partial charge in [-0.25, -0.2) is 0 Å². The monoisotopic (exact) mass is 312 g/mol. The normalized spacial score (nSPS) is 12.2. The Labute approximate surface area is 120 Å². The minimum Gasteiger partial charge on any atom is -0.406 e. The Hall–Kier alpha value is -1.47. The first-order valence-corrected chi connectivity index (χ1v) is 5.66. The third-order valence-corrected chi connectivity index (χ3v) is 2.28. The van der Waals surface area contributed by atoms with E-state index in [4.69, 9.17) is 5.73 Å². The van der Waals surface area contributed by atoms with Gasteiger partial charge < -0.3 is 15.8 Å². The minimum atomic E-state index is -4.69. The molecule has 1 amide bonds. The quantitative estimate of drug-likeness (QED) is 0.874. The zero-order valence-corrected chi connectivity index (χ0v) is 11.6. The van der Waals surface area contributed by atoms with Gasteiger partial charge in [-0.15, -0.1) is 25.6 Å². The Morgan fingerprint density at radius 1 is 1.35 bits per heavy atom. The number of amides is 1. The molecule has 8 heteroatoms. The van der Waals surface area contributed by atoms with Crippen molar-refractivity contribution < 1.29 is 22.7 Å². The lowest BCUT2D eigenvalue weighted by atomic mass is 10.1. The van der Waals surface area contributed by atoms with E-state index in [1.165, 1.54) is 24.3 Å². The van der Waals surface area contributed by atoms with E-state index >= 15 is 0 Å². The lowest BCUT2D eigenvalue weighted by Gasteiger charge is -2.10. The van der Waals surface area contributed by atoms with E-state index in [0.717, 1.165) is 5.56 Å². The number of benzene rings is 1. The predicted molar refractivity (Wildman–Crippen MR) is 70.7 cm³/mol. The molecule has 0 radical (unpaired) electrons. The molecular formula is C12H16ClF3N2O2. The van der Waals surface area contributed by atoms with Crippen LogP contribution in [0.5, 0.6) is 5.75 Å². The Kier molecular flexibility index (Phi) is 7.38. The second kappa shape index (κ2) is 7.96. The van der Waals surface area contributed by atoms with Crippen molar-refractivity contribution in [3.63, 3.8) is 0 Å². The minimum absolute atomic E-state index is 0. The molecule has 1 atom stereocenters. The summed E-state index contributed by atoms with van der Waals surface area (Å²) in [4.78, 5) is 11.2. The lowest BCUT2D eigenvalue weighted by molar-refractivity contribution is -0.274. The Morgan fingerprint density at radius 2 is 1.90 bits per heavy atom. The maximum Gasteiger partial charge on any atom is 0.573 e. The van der Waals surface area contributed by atoms with Crippen LogP contribution in [0.3, 0.4) is 0 Å². The number of carbonyl (C=O) groups is 1. The summed E-state index contributed by atoms with van der Waals surface area (Å²) in [5.74, 6) is -0.534. The Morgan fingerprint density at radius 3 is 2.35 bits per heavy atom. The summed E-state index contributed by atoms with van der Waals surface area (Å²) in [5.41, 5.74) is 6.15. The van der Waals surface area contributed by atoms with Gasteiger partial charge in [-0.3, -0.25) is 4.79 Å². The van der Waals surface area contributed by atoms with Gasteiger partial charge in [0.2, 0.25) is 5.91 Å². The largest absolute Gasteiger partial charge is 0.573 e. The number of hydrogen-bond acceptors (Lipinski definition) is 3. The van der Waals surface area contributed by atoms with E-state index in [0.29, 0.717) is 13.0 Å². The number of hydrogen-bond donors (Lipinski definition) is 2. The first-order valence-electron chi connectivity index (χ1n) is 5.66. The average molecular weight is 313 g/mol. The highest BCUT2D eigenvalue weighted by atomic mass is 35.5. The average Bonchev–Trinajstić information content (AvgIpc) is 2.29. The zero-order valence-electron chi connectivity index (χ0n) is 10.7. The first-order chi connectivity index (χ1) is 8.78. The summed E-state index contributed by atoms with van der Waals surface area (Å²) in [5, 5.41) is 2.61. The highest BCUT2D eigenvalue weighted by molar-refractivity contribution is 5.85. The fourth-order valence-corrected chi connectivity index (χ4v) is 1.35. The number of alkyl halides is 3. The number of ether oxygens (including phenoxy) is 1. The molecule has 0 heterocycles. The molecular weight excluding hydrogens is 297 g/mol. The lowest BCUT2D eigenvalue weighted by Crippen LogP contribution is -2.39. The van der Waals surface area contributed by atoms with Gasteiger partial charge in [0, 0.05) is 6.54 Å². The Bertz CT molecular complexity index is 422. The van der Waals surface area contributed by atoms with Gasteiger partial charge in [0.15, 0.2) is 0 Å². The van der Waals surface area contributed by atoms with Crippen molar-refractivity contribution in [2.75, 3.05) is 6.54 Å². The number of carbonyl (C=O) groups excluding carboxylic acids is 1. The number of nitrogens with one attached hydrogen (secondary N) is 1. The molecule has 20 heavy (non-hydrogen) atoms. The molecule has 0 bridgehead atoms. The van der Waals surface area contributed by atoms with Crippen LogP contribution in [0.1, 0.15) is 12.5 Å². The number of halogens is 4. The Balaban J connectivity index is 0.00000361. The fraction of sp³-hybridized carbons (Fsp3) is 0.417. The van der Waals surface area contributed by atoms with Crippen LogP contribution in [0.4, 0.5) is 13.2 Å². The molecule has 0 saturated carbocycles. The van der Waals surface area contributed by atoms with Gasteiger partial charge in [-0.05, 0) is 31.0 Å². The summed E-state index contributed by atoms with van der Waals surface area (Å²) in [6.45, 7) is 1.94. The molecule has 0 fully saturated rings. The van der Waals surface area contributed by atoms with E-state index in [2.05, 4.69) is 10.1 Å². The molecule has 0 unspecified atom stereocenters. The standard InChI is InChI=1S/C12H15F3N2O2.ClH/c1-8(16)11(18)17-7-6-9-2-4-10(5-3-9)19-12(13,14)15;/h2-5,8H,6-7,16H2,1H3,(H,17,18);1H/t8-;/m1./s1. The van der Waals surface area contributed by atoms with Crippen LogP contribution in [0, 0.1) is 0 Å². The van der Waals surface area contributed by atoms with Crippen molar-refractivity contribution in [2.24, 2.45) is 5.73 Å². The second-order valence-electron chi connectivity index (χ2n) is 4.02. The summed E-state index contributed by atoms with van der Waals surface area (Å²) in [6.07, 6.45) is -4.18. The van der Waals surface area contributed by atoms with Crippen LogP contribution in [-0.4, -0.2) is 24.9 Å². The number of nitrogens with two attached hydrogens (primary N) is 1. The third kappa shape index (κ3) is 7.20.